The van der Waals surface area contributed by atoms with Crippen LogP contribution in [0.1, 0.15) is 399 Å². The van der Waals surface area contributed by atoms with Crippen molar-refractivity contribution in [2.75, 3.05) is 26.4 Å². The minimum atomic E-state index is -1.97. The van der Waals surface area contributed by atoms with Crippen molar-refractivity contribution in [3.63, 3.8) is 0 Å². The number of rotatable bonds is 76. The van der Waals surface area contributed by atoms with E-state index in [9.17, 15) is 61.0 Å². The molecular weight excluding hydrogens is 1410 g/mol. The van der Waals surface area contributed by atoms with Crippen molar-refractivity contribution in [3.8, 4) is 0 Å². The Bertz CT molecular complexity index is 2190. The number of hydrogen-bond acceptors (Lipinski definition) is 18. The van der Waals surface area contributed by atoms with Gasteiger partial charge in [-0.2, -0.15) is 0 Å². The average Bonchev–Trinajstić information content (AvgIpc) is 0.780. The molecule has 0 bridgehead atoms. The molecule has 3 aliphatic heterocycles. The molecule has 0 aromatic carbocycles. The van der Waals surface area contributed by atoms with Gasteiger partial charge >= 0.3 is 0 Å². The molecule has 0 aromatic rings. The van der Waals surface area contributed by atoms with E-state index in [2.05, 4.69) is 67.8 Å². The smallest absolute Gasteiger partial charge is 0.220 e. The van der Waals surface area contributed by atoms with E-state index in [-0.39, 0.29) is 18.9 Å². The second-order valence-electron chi connectivity index (χ2n) is 33.1. The predicted molar refractivity (Wildman–Crippen MR) is 448 cm³/mol. The molecule has 12 N–H and O–H groups in total. The van der Waals surface area contributed by atoms with Crippen LogP contribution in [0.4, 0.5) is 0 Å². The number of nitrogens with one attached hydrogen (secondary N) is 1. The van der Waals surface area contributed by atoms with Crippen molar-refractivity contribution in [1.82, 2.24) is 5.32 Å². The average molecular weight is 1580 g/mol. The van der Waals surface area contributed by atoms with Gasteiger partial charge in [0.25, 0.3) is 0 Å². The Morgan fingerprint density at radius 1 is 0.333 bits per heavy atom. The maximum atomic E-state index is 13.6. The topological polar surface area (TPSA) is 307 Å². The van der Waals surface area contributed by atoms with Gasteiger partial charge in [0.2, 0.25) is 5.91 Å². The van der Waals surface area contributed by atoms with Crippen LogP contribution in [-0.2, 0) is 33.2 Å². The summed E-state index contributed by atoms with van der Waals surface area (Å²) in [6.45, 7) is 1.76. The molecule has 652 valence electrons. The zero-order valence-electron chi connectivity index (χ0n) is 70.5. The first-order valence-corrected chi connectivity index (χ1v) is 46.4. The Morgan fingerprint density at radius 3 is 0.973 bits per heavy atom. The van der Waals surface area contributed by atoms with Gasteiger partial charge in [0, 0.05) is 6.42 Å². The molecule has 3 fully saturated rings. The van der Waals surface area contributed by atoms with Crippen LogP contribution in [0.15, 0.2) is 48.6 Å². The molecule has 17 unspecified atom stereocenters. The van der Waals surface area contributed by atoms with E-state index in [1.54, 1.807) is 0 Å². The molecule has 0 aromatic heterocycles. The summed E-state index contributed by atoms with van der Waals surface area (Å²) in [5.74, 6) is -0.233. The number of allylic oxidation sites excluding steroid dienone is 8. The normalized spacial score (nSPS) is 25.2. The van der Waals surface area contributed by atoms with Gasteiger partial charge in [-0.1, -0.05) is 390 Å². The van der Waals surface area contributed by atoms with Crippen molar-refractivity contribution < 1.29 is 89.4 Å². The molecular formula is C92H171NO18. The second kappa shape index (κ2) is 71.8. The lowest BCUT2D eigenvalue weighted by Gasteiger charge is -2.48. The molecule has 0 aliphatic carbocycles. The summed E-state index contributed by atoms with van der Waals surface area (Å²) in [5.41, 5.74) is 0. The third kappa shape index (κ3) is 50.3. The van der Waals surface area contributed by atoms with Crippen molar-refractivity contribution in [2.24, 2.45) is 0 Å². The Kier molecular flexibility index (Phi) is 66.6. The molecule has 0 radical (unpaired) electrons. The molecule has 3 heterocycles. The fraction of sp³-hybridized carbons (Fsp3) is 0.902. The fourth-order valence-corrected chi connectivity index (χ4v) is 15.8. The summed E-state index contributed by atoms with van der Waals surface area (Å²) < 4.78 is 34.6. The lowest BCUT2D eigenvalue weighted by molar-refractivity contribution is -0.379. The van der Waals surface area contributed by atoms with Gasteiger partial charge in [0.15, 0.2) is 18.9 Å². The van der Waals surface area contributed by atoms with Crippen LogP contribution in [0, 0.1) is 0 Å². The lowest BCUT2D eigenvalue weighted by Crippen LogP contribution is -2.66. The molecule has 0 spiro atoms. The number of carbonyl (C=O) groups excluding carboxylic acids is 1. The van der Waals surface area contributed by atoms with Crippen LogP contribution in [0.5, 0.6) is 0 Å². The molecule has 111 heavy (non-hydrogen) atoms. The monoisotopic (exact) mass is 1580 g/mol. The van der Waals surface area contributed by atoms with Crippen molar-refractivity contribution >= 4 is 5.91 Å². The van der Waals surface area contributed by atoms with Crippen LogP contribution < -0.4 is 5.32 Å². The van der Waals surface area contributed by atoms with Gasteiger partial charge in [0.1, 0.15) is 73.2 Å². The Morgan fingerprint density at radius 2 is 0.622 bits per heavy atom. The minimum Gasteiger partial charge on any atom is -0.394 e. The summed E-state index contributed by atoms with van der Waals surface area (Å²) in [7, 11) is 0. The summed E-state index contributed by atoms with van der Waals surface area (Å²) in [6, 6.07) is -0.887. The fourth-order valence-electron chi connectivity index (χ4n) is 15.8. The Hall–Kier alpha value is -2.25. The molecule has 17 atom stereocenters. The number of aliphatic hydroxyl groups is 11. The van der Waals surface area contributed by atoms with Crippen LogP contribution in [0.2, 0.25) is 0 Å². The SMILES string of the molecule is CC/C=C\C/C=C\C/C=C\C/C=C\CCCCCCCCCCCCCCCCCCCCCCCCCCCCCCC(=O)NC(COC1OC(CO)C(OC2OC(CO)C(OC3OC(CO)C(O)C(O)C3O)C(O)C2O)C(O)C1O)C(O)CCCCCCCCCCCCCCCCCCCCCCCCCCC. The molecule has 3 rings (SSSR count). The van der Waals surface area contributed by atoms with E-state index < -0.39 is 124 Å². The van der Waals surface area contributed by atoms with Gasteiger partial charge in [-0.3, -0.25) is 4.79 Å². The first-order valence-electron chi connectivity index (χ1n) is 46.4. The minimum absolute atomic E-state index is 0.233. The predicted octanol–water partition coefficient (Wildman–Crippen LogP) is 18.0. The first kappa shape index (κ1) is 103. The van der Waals surface area contributed by atoms with Crippen LogP contribution in [-0.4, -0.2) is 193 Å². The van der Waals surface area contributed by atoms with E-state index in [4.69, 9.17) is 28.4 Å². The largest absolute Gasteiger partial charge is 0.394 e. The summed E-state index contributed by atoms with van der Waals surface area (Å²) in [5, 5.41) is 121. The van der Waals surface area contributed by atoms with E-state index in [0.29, 0.717) is 12.8 Å². The highest BCUT2D eigenvalue weighted by Crippen LogP contribution is 2.34. The number of aliphatic hydroxyl groups excluding tert-OH is 11. The number of ether oxygens (including phenoxy) is 6. The Balaban J connectivity index is 1.28. The number of hydrogen-bond donors (Lipinski definition) is 12. The van der Waals surface area contributed by atoms with Crippen LogP contribution in [0.3, 0.4) is 0 Å². The second-order valence-corrected chi connectivity index (χ2v) is 33.1. The van der Waals surface area contributed by atoms with Crippen LogP contribution in [0.25, 0.3) is 0 Å². The lowest BCUT2D eigenvalue weighted by atomic mass is 9.96. The highest BCUT2D eigenvalue weighted by Gasteiger charge is 2.54. The molecule has 19 heteroatoms. The van der Waals surface area contributed by atoms with Gasteiger partial charge in [0.05, 0.1) is 38.6 Å². The molecule has 0 saturated carbocycles. The van der Waals surface area contributed by atoms with Crippen molar-refractivity contribution in [1.29, 1.82) is 0 Å². The quantitative estimate of drug-likeness (QED) is 0.0199. The van der Waals surface area contributed by atoms with Gasteiger partial charge in [-0.15, -0.1) is 0 Å². The third-order valence-electron chi connectivity index (χ3n) is 23.2. The summed E-state index contributed by atoms with van der Waals surface area (Å²) in [6.07, 6.45) is 66.6. The summed E-state index contributed by atoms with van der Waals surface area (Å²) >= 11 is 0. The van der Waals surface area contributed by atoms with Crippen molar-refractivity contribution in [3.05, 3.63) is 48.6 Å². The maximum Gasteiger partial charge on any atom is 0.220 e. The van der Waals surface area contributed by atoms with E-state index in [1.807, 2.05) is 0 Å². The summed E-state index contributed by atoms with van der Waals surface area (Å²) in [4.78, 5) is 13.6. The van der Waals surface area contributed by atoms with Gasteiger partial charge in [-0.05, 0) is 51.4 Å². The highest BCUT2D eigenvalue weighted by atomic mass is 16.8. The first-order chi connectivity index (χ1) is 54.3. The Labute approximate surface area is 675 Å². The standard InChI is InChI=1S/C92H171NO18/c1-3-5-7-9-11-13-15-17-19-21-23-25-27-29-30-31-32-33-34-35-36-37-38-39-40-41-42-43-44-46-48-50-52-54-56-58-60-62-64-66-68-70-80(98)93-75(76(97)69-67-65-63-61-59-57-55-53-51-49-47-45-28-26-24-22-20-18-16-14-12-10-8-6-4-2)74-106-90-86(104)83(101)88(78(72-95)108-90)111-92-87(105)84(102)89(79(73-96)109-92)110-91-85(103)82(100)81(99)77(71-94)107-91/h5,7,11,13,17,19,23,25,75-79,81-92,94-97,99-105H,3-4,6,8-10,12,14-16,18,20-22,24,26-74H2,1-2H3,(H,93,98)/b7-5-,13-11-,19-17-,25-23-. The molecule has 19 nitrogen and oxygen atoms in total. The molecule has 3 aliphatic rings. The molecule has 1 amide bonds. The van der Waals surface area contributed by atoms with Crippen LogP contribution >= 0.6 is 0 Å². The highest BCUT2D eigenvalue weighted by molar-refractivity contribution is 5.76. The van der Waals surface area contributed by atoms with Crippen molar-refractivity contribution in [2.45, 2.75) is 503 Å². The number of unbranched alkanes of at least 4 members (excludes halogenated alkanes) is 52. The van der Waals surface area contributed by atoms with E-state index in [1.165, 1.54) is 295 Å². The van der Waals surface area contributed by atoms with E-state index >= 15 is 0 Å². The van der Waals surface area contributed by atoms with Gasteiger partial charge < -0.3 is 89.9 Å². The third-order valence-corrected chi connectivity index (χ3v) is 23.2. The van der Waals surface area contributed by atoms with Gasteiger partial charge in [-0.25, -0.2) is 0 Å². The zero-order chi connectivity index (χ0) is 80.3. The number of amides is 1. The maximum absolute atomic E-state index is 13.6. The molecule has 3 saturated heterocycles. The number of carbonyl (C=O) groups is 1. The zero-order valence-corrected chi connectivity index (χ0v) is 70.5. The van der Waals surface area contributed by atoms with E-state index in [0.717, 1.165) is 70.6 Å².